The van der Waals surface area contributed by atoms with Gasteiger partial charge >= 0.3 is 6.03 Å². The van der Waals surface area contributed by atoms with Gasteiger partial charge in [-0.15, -0.1) is 0 Å². The van der Waals surface area contributed by atoms with Gasteiger partial charge in [-0.1, -0.05) is 28.1 Å². The van der Waals surface area contributed by atoms with Crippen LogP contribution in [-0.4, -0.2) is 35.3 Å². The molecule has 1 aliphatic heterocycles. The first-order chi connectivity index (χ1) is 13.3. The number of urea groups is 1. The zero-order valence-electron chi connectivity index (χ0n) is 15.4. The van der Waals surface area contributed by atoms with E-state index in [9.17, 15) is 18.8 Å². The molecule has 28 heavy (non-hydrogen) atoms. The number of nitrogens with zero attached hydrogens (tertiary/aromatic N) is 2. The molecular formula is C20H19BrFN3O3. The Morgan fingerprint density at radius 3 is 2.36 bits per heavy atom. The molecular weight excluding hydrogens is 429 g/mol. The van der Waals surface area contributed by atoms with E-state index >= 15 is 0 Å². The largest absolute Gasteiger partial charge is 0.348 e. The summed E-state index contributed by atoms with van der Waals surface area (Å²) < 4.78 is 14.1. The van der Waals surface area contributed by atoms with Crippen molar-refractivity contribution in [3.8, 4) is 0 Å². The highest BCUT2D eigenvalue weighted by Crippen LogP contribution is 2.26. The number of hydrogen-bond donors (Lipinski definition) is 1. The van der Waals surface area contributed by atoms with Crippen LogP contribution < -0.4 is 10.2 Å². The number of anilines is 1. The summed E-state index contributed by atoms with van der Waals surface area (Å²) in [5, 5.41) is 2.79. The van der Waals surface area contributed by atoms with Crippen molar-refractivity contribution < 1.29 is 18.8 Å². The molecule has 2 aromatic carbocycles. The third kappa shape index (κ3) is 4.06. The number of carbonyl (C=O) groups is 3. The molecule has 1 N–H and O–H groups in total. The summed E-state index contributed by atoms with van der Waals surface area (Å²) in [6.07, 6.45) is 0. The van der Waals surface area contributed by atoms with Gasteiger partial charge in [0.25, 0.3) is 5.91 Å². The van der Waals surface area contributed by atoms with Crippen LogP contribution in [0.3, 0.4) is 0 Å². The normalized spacial score (nSPS) is 17.8. The number of amides is 4. The van der Waals surface area contributed by atoms with Crippen molar-refractivity contribution in [2.24, 2.45) is 0 Å². The molecule has 4 amide bonds. The number of halogens is 2. The Bertz CT molecular complexity index is 902. The number of benzene rings is 2. The third-order valence-corrected chi connectivity index (χ3v) is 5.13. The topological polar surface area (TPSA) is 69.7 Å². The summed E-state index contributed by atoms with van der Waals surface area (Å²) >= 11 is 3.36. The van der Waals surface area contributed by atoms with Crippen LogP contribution in [0.25, 0.3) is 0 Å². The molecule has 0 saturated carbocycles. The number of rotatable bonds is 5. The maximum absolute atomic E-state index is 13.1. The molecule has 2 atom stereocenters. The summed E-state index contributed by atoms with van der Waals surface area (Å²) in [6, 6.07) is 11.1. The van der Waals surface area contributed by atoms with E-state index in [1.54, 1.807) is 6.92 Å². The molecule has 0 bridgehead atoms. The van der Waals surface area contributed by atoms with Gasteiger partial charge in [-0.25, -0.2) is 9.18 Å². The number of imide groups is 1. The lowest BCUT2D eigenvalue weighted by Gasteiger charge is -2.20. The molecule has 2 unspecified atom stereocenters. The molecule has 0 radical (unpaired) electrons. The Labute approximate surface area is 170 Å². The van der Waals surface area contributed by atoms with Crippen molar-refractivity contribution in [3.63, 3.8) is 0 Å². The van der Waals surface area contributed by atoms with Crippen LogP contribution in [0.15, 0.2) is 53.0 Å². The van der Waals surface area contributed by atoms with Crippen LogP contribution in [0.4, 0.5) is 14.9 Å². The maximum Gasteiger partial charge on any atom is 0.332 e. The predicted octanol–water partition coefficient (Wildman–Crippen LogP) is 3.62. The summed E-state index contributed by atoms with van der Waals surface area (Å²) in [4.78, 5) is 39.8. The molecule has 146 valence electrons. The van der Waals surface area contributed by atoms with Crippen molar-refractivity contribution in [1.82, 2.24) is 10.2 Å². The molecule has 1 aliphatic rings. The fourth-order valence-electron chi connectivity index (χ4n) is 3.07. The summed E-state index contributed by atoms with van der Waals surface area (Å²) in [7, 11) is 0. The Balaban J connectivity index is 1.68. The quantitative estimate of drug-likeness (QED) is 0.711. The van der Waals surface area contributed by atoms with Gasteiger partial charge in [0.15, 0.2) is 0 Å². The van der Waals surface area contributed by atoms with Crippen molar-refractivity contribution in [2.45, 2.75) is 25.9 Å². The second kappa shape index (κ2) is 8.10. The minimum absolute atomic E-state index is 0.279. The maximum atomic E-state index is 13.1. The minimum atomic E-state index is -0.769. The first-order valence-electron chi connectivity index (χ1n) is 8.73. The average Bonchev–Trinajstić information content (AvgIpc) is 2.86. The molecule has 1 saturated heterocycles. The van der Waals surface area contributed by atoms with E-state index in [2.05, 4.69) is 21.2 Å². The summed E-state index contributed by atoms with van der Waals surface area (Å²) in [5.41, 5.74) is 1.30. The van der Waals surface area contributed by atoms with E-state index in [1.807, 2.05) is 31.2 Å². The van der Waals surface area contributed by atoms with Crippen LogP contribution >= 0.6 is 15.9 Å². The lowest BCUT2D eigenvalue weighted by atomic mass is 10.1. The van der Waals surface area contributed by atoms with Gasteiger partial charge in [0, 0.05) is 10.2 Å². The van der Waals surface area contributed by atoms with Crippen LogP contribution in [0.2, 0.25) is 0 Å². The first-order valence-corrected chi connectivity index (χ1v) is 9.52. The van der Waals surface area contributed by atoms with Crippen molar-refractivity contribution >= 4 is 39.5 Å². The highest BCUT2D eigenvalue weighted by molar-refractivity contribution is 9.10. The van der Waals surface area contributed by atoms with E-state index in [1.165, 1.54) is 29.2 Å². The predicted molar refractivity (Wildman–Crippen MR) is 106 cm³/mol. The van der Waals surface area contributed by atoms with Crippen LogP contribution in [0.1, 0.15) is 25.5 Å². The van der Waals surface area contributed by atoms with Crippen molar-refractivity contribution in [1.29, 1.82) is 0 Å². The average molecular weight is 448 g/mol. The van der Waals surface area contributed by atoms with E-state index in [4.69, 9.17) is 0 Å². The van der Waals surface area contributed by atoms with Gasteiger partial charge in [-0.05, 0) is 55.8 Å². The first kappa shape index (κ1) is 20.0. The Morgan fingerprint density at radius 2 is 1.75 bits per heavy atom. The second-order valence-corrected chi connectivity index (χ2v) is 7.49. The molecule has 1 heterocycles. The SMILES string of the molecule is CC(NC(=O)CN1C(=O)C(C)N(c2ccc(F)cc2)C1=O)c1ccc(Br)cc1. The Morgan fingerprint density at radius 1 is 1.14 bits per heavy atom. The Hall–Kier alpha value is -2.74. The standard InChI is InChI=1S/C20H19BrFN3O3/c1-12(14-3-5-15(21)6-4-14)23-18(26)11-24-19(27)13(2)25(20(24)28)17-9-7-16(22)8-10-17/h3-10,12-13H,11H2,1-2H3,(H,23,26). The fourth-order valence-corrected chi connectivity index (χ4v) is 3.34. The summed E-state index contributed by atoms with van der Waals surface area (Å²) in [5.74, 6) is -1.35. The lowest BCUT2D eigenvalue weighted by molar-refractivity contribution is -0.132. The molecule has 8 heteroatoms. The number of hydrogen-bond acceptors (Lipinski definition) is 3. The van der Waals surface area contributed by atoms with E-state index in [-0.39, 0.29) is 12.6 Å². The smallest absolute Gasteiger partial charge is 0.332 e. The Kier molecular flexibility index (Phi) is 5.79. The van der Waals surface area contributed by atoms with E-state index < -0.39 is 29.7 Å². The van der Waals surface area contributed by atoms with Crippen LogP contribution in [0.5, 0.6) is 0 Å². The molecule has 0 aliphatic carbocycles. The minimum Gasteiger partial charge on any atom is -0.348 e. The van der Waals surface area contributed by atoms with Crippen LogP contribution in [-0.2, 0) is 9.59 Å². The molecule has 3 rings (SSSR count). The molecule has 0 aromatic heterocycles. The zero-order chi connectivity index (χ0) is 20.4. The van der Waals surface area contributed by atoms with Gasteiger partial charge in [0.05, 0.1) is 6.04 Å². The molecule has 2 aromatic rings. The third-order valence-electron chi connectivity index (χ3n) is 4.60. The molecule has 1 fully saturated rings. The van der Waals surface area contributed by atoms with Crippen molar-refractivity contribution in [2.75, 3.05) is 11.4 Å². The van der Waals surface area contributed by atoms with Gasteiger partial charge in [-0.2, -0.15) is 0 Å². The van der Waals surface area contributed by atoms with E-state index in [0.717, 1.165) is 14.9 Å². The lowest BCUT2D eigenvalue weighted by Crippen LogP contribution is -2.42. The monoisotopic (exact) mass is 447 g/mol. The van der Waals surface area contributed by atoms with Crippen LogP contribution in [0, 0.1) is 5.82 Å². The van der Waals surface area contributed by atoms with E-state index in [0.29, 0.717) is 5.69 Å². The highest BCUT2D eigenvalue weighted by Gasteiger charge is 2.44. The highest BCUT2D eigenvalue weighted by atomic mass is 79.9. The summed E-state index contributed by atoms with van der Waals surface area (Å²) in [6.45, 7) is 3.02. The van der Waals surface area contributed by atoms with Gasteiger partial charge in [0.2, 0.25) is 5.91 Å². The number of nitrogens with one attached hydrogen (secondary N) is 1. The molecule has 6 nitrogen and oxygen atoms in total. The molecule has 0 spiro atoms. The van der Waals surface area contributed by atoms with Gasteiger partial charge < -0.3 is 5.32 Å². The van der Waals surface area contributed by atoms with Gasteiger partial charge in [-0.3, -0.25) is 19.4 Å². The number of carbonyl (C=O) groups excluding carboxylic acids is 3. The zero-order valence-corrected chi connectivity index (χ0v) is 16.9. The van der Waals surface area contributed by atoms with Crippen molar-refractivity contribution in [3.05, 3.63) is 64.4 Å². The second-order valence-electron chi connectivity index (χ2n) is 6.57. The fraction of sp³-hybridized carbons (Fsp3) is 0.250. The van der Waals surface area contributed by atoms with Gasteiger partial charge in [0.1, 0.15) is 18.4 Å².